The minimum Gasteiger partial charge on any atom is -0.492 e. The van der Waals surface area contributed by atoms with E-state index in [0.29, 0.717) is 23.8 Å². The van der Waals surface area contributed by atoms with Gasteiger partial charge in [0.1, 0.15) is 24.2 Å². The molecule has 0 bridgehead atoms. The number of nitrogens with zero attached hydrogens (tertiary/aromatic N) is 4. The van der Waals surface area contributed by atoms with Crippen LogP contribution in [0.4, 0.5) is 10.5 Å². The Labute approximate surface area is 172 Å². The topological polar surface area (TPSA) is 120 Å². The van der Waals surface area contributed by atoms with Crippen LogP contribution in [-0.4, -0.2) is 46.2 Å². The largest absolute Gasteiger partial charge is 0.492 e. The maximum atomic E-state index is 12.0. The maximum absolute atomic E-state index is 12.0. The molecule has 1 aromatic heterocycles. The van der Waals surface area contributed by atoms with Crippen molar-refractivity contribution in [2.75, 3.05) is 18.5 Å². The van der Waals surface area contributed by atoms with E-state index in [-0.39, 0.29) is 6.61 Å². The van der Waals surface area contributed by atoms with E-state index in [1.807, 2.05) is 6.92 Å². The second-order valence-corrected chi connectivity index (χ2v) is 5.88. The Bertz CT molecular complexity index is 1000. The molecule has 0 aliphatic carbocycles. The first-order chi connectivity index (χ1) is 14.6. The molecule has 2 N–H and O–H groups in total. The second kappa shape index (κ2) is 10.4. The molecule has 0 fully saturated rings. The Morgan fingerprint density at radius 1 is 1.07 bits per heavy atom. The molecule has 10 nitrogen and oxygen atoms in total. The molecule has 0 radical (unpaired) electrons. The summed E-state index contributed by atoms with van der Waals surface area (Å²) in [6, 6.07) is 13.2. The lowest BCUT2D eigenvalue weighted by atomic mass is 10.2. The number of imide groups is 1. The van der Waals surface area contributed by atoms with Gasteiger partial charge in [0.25, 0.3) is 5.91 Å². The molecule has 3 aromatic rings. The van der Waals surface area contributed by atoms with Crippen molar-refractivity contribution in [3.63, 3.8) is 0 Å². The van der Waals surface area contributed by atoms with Crippen molar-refractivity contribution < 1.29 is 19.1 Å². The van der Waals surface area contributed by atoms with Crippen molar-refractivity contribution in [2.24, 2.45) is 5.10 Å². The number of carbonyl (C=O) groups is 2. The molecule has 3 amide bonds. The van der Waals surface area contributed by atoms with Crippen LogP contribution in [0.5, 0.6) is 11.5 Å². The van der Waals surface area contributed by atoms with Gasteiger partial charge in [0.2, 0.25) is 0 Å². The van der Waals surface area contributed by atoms with E-state index in [9.17, 15) is 9.59 Å². The molecule has 3 rings (SSSR count). The van der Waals surface area contributed by atoms with E-state index in [2.05, 4.69) is 25.9 Å². The third-order valence-electron chi connectivity index (χ3n) is 3.68. The highest BCUT2D eigenvalue weighted by Gasteiger charge is 2.11. The minimum absolute atomic E-state index is 0.311. The van der Waals surface area contributed by atoms with Gasteiger partial charge in [-0.2, -0.15) is 5.10 Å². The number of carbonyl (C=O) groups excluding carboxylic acids is 2. The molecule has 0 atom stereocenters. The average molecular weight is 408 g/mol. The molecule has 0 aliphatic rings. The monoisotopic (exact) mass is 408 g/mol. The van der Waals surface area contributed by atoms with Gasteiger partial charge in [-0.05, 0) is 48.9 Å². The Morgan fingerprint density at radius 2 is 1.80 bits per heavy atom. The molecule has 30 heavy (non-hydrogen) atoms. The molecule has 0 aliphatic heterocycles. The first-order valence-electron chi connectivity index (χ1n) is 9.08. The van der Waals surface area contributed by atoms with E-state index in [1.54, 1.807) is 54.7 Å². The average Bonchev–Trinajstić information content (AvgIpc) is 3.27. The lowest BCUT2D eigenvalue weighted by molar-refractivity contribution is -0.121. The Hall–Kier alpha value is -4.21. The third-order valence-corrected chi connectivity index (χ3v) is 3.68. The first kappa shape index (κ1) is 20.5. The summed E-state index contributed by atoms with van der Waals surface area (Å²) < 4.78 is 12.3. The van der Waals surface area contributed by atoms with Gasteiger partial charge in [0.15, 0.2) is 6.61 Å². The van der Waals surface area contributed by atoms with Gasteiger partial charge in [-0.15, -0.1) is 10.2 Å². The van der Waals surface area contributed by atoms with Crippen LogP contribution in [0.3, 0.4) is 0 Å². The number of ether oxygens (including phenoxy) is 2. The van der Waals surface area contributed by atoms with Gasteiger partial charge in [0.05, 0.1) is 18.5 Å². The van der Waals surface area contributed by atoms with Gasteiger partial charge in [-0.3, -0.25) is 10.1 Å². The fourth-order valence-electron chi connectivity index (χ4n) is 2.35. The number of benzene rings is 2. The number of anilines is 1. The summed E-state index contributed by atoms with van der Waals surface area (Å²) in [5.74, 6) is 0.417. The maximum Gasteiger partial charge on any atom is 0.326 e. The highest BCUT2D eigenvalue weighted by atomic mass is 16.5. The highest BCUT2D eigenvalue weighted by Crippen LogP contribution is 2.23. The molecule has 0 saturated carbocycles. The van der Waals surface area contributed by atoms with Crippen LogP contribution in [0, 0.1) is 0 Å². The lowest BCUT2D eigenvalue weighted by Gasteiger charge is -2.12. The summed E-state index contributed by atoms with van der Waals surface area (Å²) in [5.41, 5.74) is 1.29. The first-order valence-corrected chi connectivity index (χ1v) is 9.08. The summed E-state index contributed by atoms with van der Waals surface area (Å²) in [4.78, 5) is 24.0. The predicted molar refractivity (Wildman–Crippen MR) is 110 cm³/mol. The molecular weight excluding hydrogens is 388 g/mol. The molecule has 2 aromatic carbocycles. The van der Waals surface area contributed by atoms with E-state index in [4.69, 9.17) is 9.47 Å². The van der Waals surface area contributed by atoms with E-state index in [0.717, 1.165) is 5.56 Å². The number of hydrogen-bond donors (Lipinski definition) is 2. The number of aromatic nitrogens is 3. The van der Waals surface area contributed by atoms with Crippen molar-refractivity contribution in [3.05, 3.63) is 66.7 Å². The van der Waals surface area contributed by atoms with Crippen molar-refractivity contribution in [1.29, 1.82) is 0 Å². The highest BCUT2D eigenvalue weighted by molar-refractivity contribution is 6.02. The Kier molecular flexibility index (Phi) is 7.09. The molecule has 10 heteroatoms. The fourth-order valence-corrected chi connectivity index (χ4v) is 2.35. The quantitative estimate of drug-likeness (QED) is 0.552. The van der Waals surface area contributed by atoms with Crippen LogP contribution in [0.25, 0.3) is 0 Å². The SMILES string of the molecule is CCOc1ccccc1NC(=O)NC(=O)COc1ccc(/C=N/n2cnnc2)cc1. The fraction of sp³-hybridized carbons (Fsp3) is 0.150. The van der Waals surface area contributed by atoms with Crippen molar-refractivity contribution in [3.8, 4) is 11.5 Å². The number of hydrogen-bond acceptors (Lipinski definition) is 7. The summed E-state index contributed by atoms with van der Waals surface area (Å²) >= 11 is 0. The van der Waals surface area contributed by atoms with Gasteiger partial charge >= 0.3 is 6.03 Å². The van der Waals surface area contributed by atoms with Gasteiger partial charge in [0, 0.05) is 0 Å². The third kappa shape index (κ3) is 6.16. The van der Waals surface area contributed by atoms with E-state index >= 15 is 0 Å². The second-order valence-electron chi connectivity index (χ2n) is 5.88. The number of nitrogens with one attached hydrogen (secondary N) is 2. The standard InChI is InChI=1S/C20H20N6O4/c1-2-29-18-6-4-3-5-17(18)24-20(28)25-19(27)12-30-16-9-7-15(8-10-16)11-23-26-13-21-22-14-26/h3-11,13-14H,2,12H2,1H3,(H2,24,25,27,28)/b23-11+. The van der Waals surface area contributed by atoms with Crippen LogP contribution in [0.2, 0.25) is 0 Å². The zero-order valence-electron chi connectivity index (χ0n) is 16.2. The molecule has 0 spiro atoms. The van der Waals surface area contributed by atoms with Crippen LogP contribution in [-0.2, 0) is 4.79 Å². The molecule has 0 unspecified atom stereocenters. The normalized spacial score (nSPS) is 10.6. The summed E-state index contributed by atoms with van der Waals surface area (Å²) in [6.45, 7) is 1.99. The Morgan fingerprint density at radius 3 is 2.53 bits per heavy atom. The lowest BCUT2D eigenvalue weighted by Crippen LogP contribution is -2.37. The van der Waals surface area contributed by atoms with E-state index in [1.165, 1.54) is 17.3 Å². The summed E-state index contributed by atoms with van der Waals surface area (Å²) in [6.07, 6.45) is 4.57. The summed E-state index contributed by atoms with van der Waals surface area (Å²) in [7, 11) is 0. The van der Waals surface area contributed by atoms with Crippen LogP contribution >= 0.6 is 0 Å². The van der Waals surface area contributed by atoms with Crippen molar-refractivity contribution in [1.82, 2.24) is 20.2 Å². The molecule has 1 heterocycles. The number of para-hydroxylation sites is 2. The number of rotatable bonds is 8. The Balaban J connectivity index is 1.45. The molecular formula is C20H20N6O4. The molecule has 154 valence electrons. The smallest absolute Gasteiger partial charge is 0.326 e. The predicted octanol–water partition coefficient (Wildman–Crippen LogP) is 2.29. The minimum atomic E-state index is -0.670. The van der Waals surface area contributed by atoms with Crippen LogP contribution < -0.4 is 20.1 Å². The molecule has 0 saturated heterocycles. The number of amides is 3. The van der Waals surface area contributed by atoms with Gasteiger partial charge in [-0.1, -0.05) is 12.1 Å². The van der Waals surface area contributed by atoms with Crippen LogP contribution in [0.1, 0.15) is 12.5 Å². The van der Waals surface area contributed by atoms with Crippen LogP contribution in [0.15, 0.2) is 66.3 Å². The zero-order valence-corrected chi connectivity index (χ0v) is 16.2. The zero-order chi connectivity index (χ0) is 21.2. The number of urea groups is 1. The van der Waals surface area contributed by atoms with Crippen molar-refractivity contribution >= 4 is 23.8 Å². The van der Waals surface area contributed by atoms with E-state index < -0.39 is 11.9 Å². The van der Waals surface area contributed by atoms with Crippen molar-refractivity contribution in [2.45, 2.75) is 6.92 Å². The summed E-state index contributed by atoms with van der Waals surface area (Å²) in [5, 5.41) is 16.2. The van der Waals surface area contributed by atoms with Gasteiger partial charge < -0.3 is 14.8 Å². The van der Waals surface area contributed by atoms with Gasteiger partial charge in [-0.25, -0.2) is 9.47 Å².